The lowest BCUT2D eigenvalue weighted by Crippen LogP contribution is -2.31. The molecule has 0 aliphatic carbocycles. The van der Waals surface area contributed by atoms with Crippen molar-refractivity contribution in [1.82, 2.24) is 9.62 Å². The zero-order valence-electron chi connectivity index (χ0n) is 11.9. The predicted molar refractivity (Wildman–Crippen MR) is 81.0 cm³/mol. The van der Waals surface area contributed by atoms with Crippen LogP contribution in [-0.4, -0.2) is 46.1 Å². The summed E-state index contributed by atoms with van der Waals surface area (Å²) in [5, 5.41) is 2.83. The maximum absolute atomic E-state index is 14.5. The van der Waals surface area contributed by atoms with Gasteiger partial charge in [-0.15, -0.1) is 0 Å². The van der Waals surface area contributed by atoms with E-state index in [1.807, 2.05) is 0 Å². The maximum atomic E-state index is 14.5. The van der Waals surface area contributed by atoms with Gasteiger partial charge in [0, 0.05) is 36.8 Å². The average Bonchev–Trinajstić information content (AvgIpc) is 2.92. The van der Waals surface area contributed by atoms with Crippen molar-refractivity contribution in [2.24, 2.45) is 0 Å². The first kappa shape index (κ1) is 16.8. The number of hydrogen-bond donors (Lipinski definition) is 1. The maximum Gasteiger partial charge on any atom is 0.246 e. The van der Waals surface area contributed by atoms with E-state index in [1.165, 1.54) is 10.4 Å². The Kier molecular flexibility index (Phi) is 5.37. The second-order valence-electron chi connectivity index (χ2n) is 4.92. The van der Waals surface area contributed by atoms with Crippen LogP contribution in [0, 0.1) is 5.82 Å². The number of sulfonamides is 1. The zero-order chi connectivity index (χ0) is 15.6. The highest BCUT2D eigenvalue weighted by molar-refractivity contribution is 9.10. The number of benzene rings is 1. The van der Waals surface area contributed by atoms with Crippen LogP contribution in [-0.2, 0) is 21.3 Å². The fraction of sp³-hybridized carbons (Fsp3) is 0.538. The van der Waals surface area contributed by atoms with Gasteiger partial charge < -0.3 is 10.1 Å². The van der Waals surface area contributed by atoms with Crippen molar-refractivity contribution in [1.29, 1.82) is 0 Å². The van der Waals surface area contributed by atoms with E-state index < -0.39 is 15.8 Å². The van der Waals surface area contributed by atoms with E-state index in [9.17, 15) is 12.8 Å². The van der Waals surface area contributed by atoms with E-state index in [0.717, 1.165) is 0 Å². The van der Waals surface area contributed by atoms with Crippen LogP contribution in [0.25, 0.3) is 0 Å². The summed E-state index contributed by atoms with van der Waals surface area (Å²) < 4.78 is 46.7. The highest BCUT2D eigenvalue weighted by atomic mass is 79.9. The Morgan fingerprint density at radius 1 is 1.52 bits per heavy atom. The molecule has 8 heteroatoms. The fourth-order valence-electron chi connectivity index (χ4n) is 2.37. The van der Waals surface area contributed by atoms with E-state index >= 15 is 0 Å². The Balaban J connectivity index is 2.40. The molecule has 0 bridgehead atoms. The molecule has 1 N–H and O–H groups in total. The van der Waals surface area contributed by atoms with Gasteiger partial charge in [0.1, 0.15) is 10.7 Å². The van der Waals surface area contributed by atoms with E-state index in [4.69, 9.17) is 4.74 Å². The Bertz CT molecular complexity index is 624. The molecule has 0 spiro atoms. The quantitative estimate of drug-likeness (QED) is 0.844. The van der Waals surface area contributed by atoms with E-state index in [2.05, 4.69) is 21.2 Å². The Labute approximate surface area is 132 Å². The third-order valence-electron chi connectivity index (χ3n) is 3.51. The molecule has 1 aliphatic heterocycles. The van der Waals surface area contributed by atoms with Crippen molar-refractivity contribution in [3.8, 4) is 0 Å². The molecule has 1 aliphatic rings. The van der Waals surface area contributed by atoms with Crippen molar-refractivity contribution >= 4 is 26.0 Å². The molecule has 1 unspecified atom stereocenters. The molecule has 0 radical (unpaired) electrons. The van der Waals surface area contributed by atoms with Gasteiger partial charge >= 0.3 is 0 Å². The van der Waals surface area contributed by atoms with Gasteiger partial charge in [-0.05, 0) is 25.6 Å². The molecule has 1 fully saturated rings. The number of nitrogens with zero attached hydrogens (tertiary/aromatic N) is 1. The van der Waals surface area contributed by atoms with E-state index in [1.54, 1.807) is 20.2 Å². The number of rotatable bonds is 5. The van der Waals surface area contributed by atoms with Crippen LogP contribution in [0.2, 0.25) is 0 Å². The minimum atomic E-state index is -3.86. The summed E-state index contributed by atoms with van der Waals surface area (Å²) in [7, 11) is -0.629. The SMILES string of the molecule is CNCc1cc(Br)cc(S(=O)(=O)N2CCC(OC)C2)c1F. The average molecular weight is 381 g/mol. The standard InChI is InChI=1S/C13H18BrFN2O3S/c1-16-7-9-5-10(14)6-12(13(9)15)21(18,19)17-4-3-11(8-17)20-2/h5-6,11,16H,3-4,7-8H2,1-2H3. The molecule has 21 heavy (non-hydrogen) atoms. The predicted octanol–water partition coefficient (Wildman–Crippen LogP) is 1.72. The van der Waals surface area contributed by atoms with Gasteiger partial charge in [0.2, 0.25) is 10.0 Å². The molecule has 1 aromatic rings. The van der Waals surface area contributed by atoms with Crippen molar-refractivity contribution in [3.05, 3.63) is 28.0 Å². The lowest BCUT2D eigenvalue weighted by Gasteiger charge is -2.18. The first-order chi connectivity index (χ1) is 9.90. The Morgan fingerprint density at radius 3 is 2.81 bits per heavy atom. The van der Waals surface area contributed by atoms with E-state index in [0.29, 0.717) is 23.0 Å². The molecule has 2 rings (SSSR count). The normalized spacial score (nSPS) is 20.1. The van der Waals surface area contributed by atoms with Gasteiger partial charge in [-0.1, -0.05) is 15.9 Å². The number of halogens is 2. The number of nitrogens with one attached hydrogen (secondary N) is 1. The minimum absolute atomic E-state index is 0.133. The fourth-order valence-corrected chi connectivity index (χ4v) is 4.65. The molecular weight excluding hydrogens is 363 g/mol. The lowest BCUT2D eigenvalue weighted by atomic mass is 10.2. The smallest absolute Gasteiger partial charge is 0.246 e. The molecule has 0 amide bonds. The molecular formula is C13H18BrFN2O3S. The first-order valence-electron chi connectivity index (χ1n) is 6.55. The second-order valence-corrected chi connectivity index (χ2v) is 7.74. The number of methoxy groups -OCH3 is 1. The number of hydrogen-bond acceptors (Lipinski definition) is 4. The highest BCUT2D eigenvalue weighted by Crippen LogP contribution is 2.29. The Morgan fingerprint density at radius 2 is 2.24 bits per heavy atom. The number of ether oxygens (including phenoxy) is 1. The molecule has 1 saturated heterocycles. The molecule has 0 aromatic heterocycles. The highest BCUT2D eigenvalue weighted by Gasteiger charge is 2.35. The monoisotopic (exact) mass is 380 g/mol. The summed E-state index contributed by atoms with van der Waals surface area (Å²) in [5.74, 6) is -0.701. The van der Waals surface area contributed by atoms with Crippen LogP contribution in [0.4, 0.5) is 4.39 Å². The topological polar surface area (TPSA) is 58.6 Å². The summed E-state index contributed by atoms with van der Waals surface area (Å²) in [6, 6.07) is 2.89. The molecule has 0 saturated carbocycles. The van der Waals surface area contributed by atoms with Crippen LogP contribution in [0.1, 0.15) is 12.0 Å². The third kappa shape index (κ3) is 3.45. The van der Waals surface area contributed by atoms with Crippen molar-refractivity contribution in [3.63, 3.8) is 0 Å². The molecule has 1 aromatic carbocycles. The van der Waals surface area contributed by atoms with Crippen molar-refractivity contribution in [2.45, 2.75) is 24.0 Å². The summed E-state index contributed by atoms with van der Waals surface area (Å²) in [6.45, 7) is 0.856. The van der Waals surface area contributed by atoms with Gasteiger partial charge in [0.15, 0.2) is 0 Å². The van der Waals surface area contributed by atoms with Crippen LogP contribution in [0.3, 0.4) is 0 Å². The van der Waals surface area contributed by atoms with Gasteiger partial charge in [0.05, 0.1) is 6.10 Å². The molecule has 118 valence electrons. The molecule has 1 atom stereocenters. The first-order valence-corrected chi connectivity index (χ1v) is 8.79. The van der Waals surface area contributed by atoms with Crippen LogP contribution < -0.4 is 5.32 Å². The molecule has 1 heterocycles. The van der Waals surface area contributed by atoms with Gasteiger partial charge in [0.25, 0.3) is 0 Å². The lowest BCUT2D eigenvalue weighted by molar-refractivity contribution is 0.115. The molecule has 5 nitrogen and oxygen atoms in total. The largest absolute Gasteiger partial charge is 0.380 e. The summed E-state index contributed by atoms with van der Waals surface area (Å²) in [4.78, 5) is -0.293. The van der Waals surface area contributed by atoms with Crippen LogP contribution in [0.15, 0.2) is 21.5 Å². The zero-order valence-corrected chi connectivity index (χ0v) is 14.3. The van der Waals surface area contributed by atoms with Gasteiger partial charge in [-0.2, -0.15) is 4.31 Å². The van der Waals surface area contributed by atoms with Gasteiger partial charge in [-0.3, -0.25) is 0 Å². The Hall–Kier alpha value is -0.540. The van der Waals surface area contributed by atoms with Crippen molar-refractivity contribution < 1.29 is 17.5 Å². The van der Waals surface area contributed by atoms with Crippen molar-refractivity contribution in [2.75, 3.05) is 27.2 Å². The third-order valence-corrected chi connectivity index (χ3v) is 5.83. The van der Waals surface area contributed by atoms with Crippen LogP contribution in [0.5, 0.6) is 0 Å². The summed E-state index contributed by atoms with van der Waals surface area (Å²) >= 11 is 3.24. The summed E-state index contributed by atoms with van der Waals surface area (Å²) in [5.41, 5.74) is 0.313. The van der Waals surface area contributed by atoms with Crippen LogP contribution >= 0.6 is 15.9 Å². The second kappa shape index (κ2) is 6.70. The van der Waals surface area contributed by atoms with E-state index in [-0.39, 0.29) is 24.1 Å². The minimum Gasteiger partial charge on any atom is -0.380 e. The summed E-state index contributed by atoms with van der Waals surface area (Å²) in [6.07, 6.45) is 0.487. The van der Waals surface area contributed by atoms with Gasteiger partial charge in [-0.25, -0.2) is 12.8 Å².